The molecule has 10 nitrogen and oxygen atoms in total. The number of halogens is 1. The number of benzene rings is 1. The second-order valence-corrected chi connectivity index (χ2v) is 9.86. The summed E-state index contributed by atoms with van der Waals surface area (Å²) in [6, 6.07) is 12.6. The van der Waals surface area contributed by atoms with Crippen LogP contribution in [-0.2, 0) is 0 Å². The summed E-state index contributed by atoms with van der Waals surface area (Å²) in [5.41, 5.74) is 4.16. The number of ether oxygens (including phenoxy) is 1. The molecule has 0 radical (unpaired) electrons. The van der Waals surface area contributed by atoms with Gasteiger partial charge in [-0.05, 0) is 37.1 Å². The van der Waals surface area contributed by atoms with Gasteiger partial charge in [-0.3, -0.25) is 20.0 Å². The number of para-hydroxylation sites is 1. The summed E-state index contributed by atoms with van der Waals surface area (Å²) in [5, 5.41) is 13.0. The Labute approximate surface area is 222 Å². The van der Waals surface area contributed by atoms with Gasteiger partial charge in [-0.2, -0.15) is 0 Å². The largest absolute Gasteiger partial charge is 0.496 e. The van der Waals surface area contributed by atoms with Crippen molar-refractivity contribution in [1.82, 2.24) is 30.5 Å². The maximum Gasteiger partial charge on any atom is 0.289 e. The number of carbonyl (C=O) groups is 2. The van der Waals surface area contributed by atoms with E-state index in [4.69, 9.17) is 16.3 Å². The first-order valence-corrected chi connectivity index (χ1v) is 12.9. The van der Waals surface area contributed by atoms with Crippen LogP contribution in [0.2, 0.25) is 5.15 Å². The van der Waals surface area contributed by atoms with Crippen molar-refractivity contribution in [1.29, 1.82) is 0 Å². The highest BCUT2D eigenvalue weighted by atomic mass is 35.5. The van der Waals surface area contributed by atoms with E-state index in [1.807, 2.05) is 29.2 Å². The number of nitrogens with zero attached hydrogens (tertiary/aromatic N) is 6. The van der Waals surface area contributed by atoms with Crippen molar-refractivity contribution in [3.8, 4) is 5.75 Å². The lowest BCUT2D eigenvalue weighted by Gasteiger charge is -2.31. The number of thiazole rings is 1. The van der Waals surface area contributed by atoms with Crippen LogP contribution in [0.1, 0.15) is 44.7 Å². The highest BCUT2D eigenvalue weighted by Gasteiger charge is 2.28. The normalized spacial score (nSPS) is 14.0. The summed E-state index contributed by atoms with van der Waals surface area (Å²) in [5.74, 6) is 0.797. The number of hydrogen-bond acceptors (Lipinski definition) is 9. The molecule has 2 amide bonds. The van der Waals surface area contributed by atoms with Crippen LogP contribution in [0.15, 0.2) is 47.8 Å². The molecule has 190 valence electrons. The first-order valence-electron chi connectivity index (χ1n) is 11.7. The van der Waals surface area contributed by atoms with Gasteiger partial charge in [0.15, 0.2) is 11.0 Å². The molecule has 0 bridgehead atoms. The van der Waals surface area contributed by atoms with E-state index in [1.54, 1.807) is 37.7 Å². The van der Waals surface area contributed by atoms with E-state index in [2.05, 4.69) is 25.6 Å². The number of hydrazine groups is 1. The quantitative estimate of drug-likeness (QED) is 0.368. The van der Waals surface area contributed by atoms with E-state index < -0.39 is 0 Å². The van der Waals surface area contributed by atoms with Gasteiger partial charge in [0.25, 0.3) is 11.8 Å². The molecular formula is C25H24ClN7O3S. The highest BCUT2D eigenvalue weighted by Crippen LogP contribution is 2.32. The zero-order valence-electron chi connectivity index (χ0n) is 20.2. The smallest absolute Gasteiger partial charge is 0.289 e. The van der Waals surface area contributed by atoms with Crippen LogP contribution in [0.4, 0.5) is 5.82 Å². The van der Waals surface area contributed by atoms with E-state index in [0.717, 1.165) is 28.8 Å². The van der Waals surface area contributed by atoms with Gasteiger partial charge in [0.05, 0.1) is 17.6 Å². The van der Waals surface area contributed by atoms with Crippen LogP contribution >= 0.6 is 22.9 Å². The van der Waals surface area contributed by atoms with Gasteiger partial charge in [0.1, 0.15) is 17.1 Å². The second kappa shape index (κ2) is 10.7. The molecule has 0 saturated carbocycles. The molecule has 5 rings (SSSR count). The number of methoxy groups -OCH3 is 1. The monoisotopic (exact) mass is 537 g/mol. The molecule has 0 unspecified atom stereocenters. The van der Waals surface area contributed by atoms with Crippen molar-refractivity contribution >= 4 is 51.5 Å². The summed E-state index contributed by atoms with van der Waals surface area (Å²) in [6.45, 7) is 1.17. The van der Waals surface area contributed by atoms with Crippen molar-refractivity contribution in [2.24, 2.45) is 0 Å². The summed E-state index contributed by atoms with van der Waals surface area (Å²) < 4.78 is 5.49. The fourth-order valence-corrected chi connectivity index (χ4v) is 5.32. The maximum atomic E-state index is 13.2. The summed E-state index contributed by atoms with van der Waals surface area (Å²) in [6.07, 6.45) is 1.51. The number of anilines is 1. The van der Waals surface area contributed by atoms with Gasteiger partial charge in [0, 0.05) is 42.9 Å². The third kappa shape index (κ3) is 5.32. The lowest BCUT2D eigenvalue weighted by molar-refractivity contribution is 0.0707. The Balaban J connectivity index is 1.20. The van der Waals surface area contributed by atoms with Crippen LogP contribution in [0.3, 0.4) is 0 Å². The van der Waals surface area contributed by atoms with Crippen molar-refractivity contribution < 1.29 is 14.3 Å². The number of rotatable bonds is 6. The van der Waals surface area contributed by atoms with Crippen molar-refractivity contribution in [2.45, 2.75) is 18.8 Å². The van der Waals surface area contributed by atoms with E-state index in [0.29, 0.717) is 36.0 Å². The van der Waals surface area contributed by atoms with Crippen LogP contribution in [0.5, 0.6) is 5.75 Å². The number of aromatic nitrogens is 4. The number of piperidine rings is 1. The molecule has 1 saturated heterocycles. The number of pyridine rings is 1. The Morgan fingerprint density at radius 3 is 2.62 bits per heavy atom. The molecule has 4 aromatic rings. The van der Waals surface area contributed by atoms with E-state index >= 15 is 0 Å². The lowest BCUT2D eigenvalue weighted by atomic mass is 9.97. The molecule has 0 aliphatic carbocycles. The Bertz CT molecular complexity index is 1440. The fraction of sp³-hybridized carbons (Fsp3) is 0.280. The van der Waals surface area contributed by atoms with E-state index in [-0.39, 0.29) is 22.9 Å². The van der Waals surface area contributed by atoms with E-state index in [1.165, 1.54) is 16.3 Å². The predicted molar refractivity (Wildman–Crippen MR) is 141 cm³/mol. The van der Waals surface area contributed by atoms with Gasteiger partial charge in [-0.1, -0.05) is 23.7 Å². The number of amides is 2. The average molecular weight is 538 g/mol. The first kappa shape index (κ1) is 24.8. The molecule has 1 aromatic carbocycles. The van der Waals surface area contributed by atoms with Crippen molar-refractivity contribution in [3.05, 3.63) is 69.4 Å². The molecular weight excluding hydrogens is 514 g/mol. The van der Waals surface area contributed by atoms with Gasteiger partial charge in [-0.15, -0.1) is 21.5 Å². The predicted octanol–water partition coefficient (Wildman–Crippen LogP) is 3.94. The van der Waals surface area contributed by atoms with Crippen LogP contribution in [0, 0.1) is 0 Å². The SMILES string of the molecule is COc1cc(C(=O)N2CCC(c3nc(C(=O)NN(C)c4ccc(Cl)nn4)cs3)CC2)nc2ccccc12. The number of nitrogens with one attached hydrogen (secondary N) is 1. The fourth-order valence-electron chi connectivity index (χ4n) is 4.25. The summed E-state index contributed by atoms with van der Waals surface area (Å²) in [7, 11) is 3.25. The van der Waals surface area contributed by atoms with Crippen LogP contribution in [-0.4, -0.2) is 64.1 Å². The molecule has 37 heavy (non-hydrogen) atoms. The van der Waals surface area contributed by atoms with Gasteiger partial charge in [0.2, 0.25) is 0 Å². The lowest BCUT2D eigenvalue weighted by Crippen LogP contribution is -2.40. The van der Waals surface area contributed by atoms with Crippen LogP contribution < -0.4 is 15.2 Å². The third-order valence-corrected chi connectivity index (χ3v) is 7.44. The molecule has 1 fully saturated rings. The molecule has 3 aromatic heterocycles. The van der Waals surface area contributed by atoms with E-state index in [9.17, 15) is 9.59 Å². The molecule has 1 aliphatic heterocycles. The van der Waals surface area contributed by atoms with Crippen molar-refractivity contribution in [3.63, 3.8) is 0 Å². The minimum absolute atomic E-state index is 0.116. The number of likely N-dealkylation sites (tertiary alicyclic amines) is 1. The minimum atomic E-state index is -0.342. The topological polar surface area (TPSA) is 113 Å². The summed E-state index contributed by atoms with van der Waals surface area (Å²) in [4.78, 5) is 36.8. The third-order valence-electron chi connectivity index (χ3n) is 6.23. The van der Waals surface area contributed by atoms with Gasteiger partial charge in [-0.25, -0.2) is 9.97 Å². The van der Waals surface area contributed by atoms with Crippen molar-refractivity contribution in [2.75, 3.05) is 32.3 Å². The number of fused-ring (bicyclic) bond motifs is 1. The zero-order chi connectivity index (χ0) is 25.9. The average Bonchev–Trinajstić information content (AvgIpc) is 3.43. The Morgan fingerprint density at radius 1 is 1.11 bits per heavy atom. The summed E-state index contributed by atoms with van der Waals surface area (Å²) >= 11 is 7.22. The van der Waals surface area contributed by atoms with Crippen LogP contribution in [0.25, 0.3) is 10.9 Å². The minimum Gasteiger partial charge on any atom is -0.496 e. The Kier molecular flexibility index (Phi) is 7.15. The van der Waals surface area contributed by atoms with Gasteiger partial charge >= 0.3 is 0 Å². The van der Waals surface area contributed by atoms with Gasteiger partial charge < -0.3 is 9.64 Å². The Hall–Kier alpha value is -3.83. The molecule has 4 heterocycles. The maximum absolute atomic E-state index is 13.2. The number of carbonyl (C=O) groups excluding carboxylic acids is 2. The molecule has 1 N–H and O–H groups in total. The molecule has 1 aliphatic rings. The highest BCUT2D eigenvalue weighted by molar-refractivity contribution is 7.09. The first-order chi connectivity index (χ1) is 17.9. The molecule has 0 spiro atoms. The molecule has 0 atom stereocenters. The standard InChI is InChI=1S/C25H24ClN7O3S/c1-32(22-8-7-21(26)29-30-22)31-23(34)19-14-37-24(28-19)15-9-11-33(12-10-15)25(35)18-13-20(36-2)16-5-3-4-6-17(16)27-18/h3-8,13-15H,9-12H2,1-2H3,(H,31,34). The number of hydrogen-bond donors (Lipinski definition) is 1. The Morgan fingerprint density at radius 2 is 1.89 bits per heavy atom. The second-order valence-electron chi connectivity index (χ2n) is 8.58. The molecule has 12 heteroatoms. The zero-order valence-corrected chi connectivity index (χ0v) is 21.8.